The quantitative estimate of drug-likeness (QED) is 0.399. The molecule has 3 aromatic rings. The molecule has 1 fully saturated rings. The molecule has 1 saturated heterocycles. The third-order valence-corrected chi connectivity index (χ3v) is 6.42. The number of hydrogen-bond donors (Lipinski definition) is 4. The van der Waals surface area contributed by atoms with Gasteiger partial charge in [0.25, 0.3) is 0 Å². The molecule has 1 aliphatic rings. The van der Waals surface area contributed by atoms with E-state index < -0.39 is 0 Å². The zero-order chi connectivity index (χ0) is 24.2. The fraction of sp³-hybridized carbons (Fsp3) is 0.417. The molecular formula is C24H31ClN8O. The monoisotopic (exact) mass is 482 g/mol. The van der Waals surface area contributed by atoms with Crippen molar-refractivity contribution in [1.82, 2.24) is 30.4 Å². The molecule has 34 heavy (non-hydrogen) atoms. The van der Waals surface area contributed by atoms with Gasteiger partial charge in [0, 0.05) is 31.0 Å². The minimum Gasteiger partial charge on any atom is -0.358 e. The number of rotatable bonds is 7. The van der Waals surface area contributed by atoms with E-state index in [2.05, 4.69) is 67.0 Å². The summed E-state index contributed by atoms with van der Waals surface area (Å²) in [4.78, 5) is 22.9. The maximum Gasteiger partial charge on any atom is 0.233 e. The van der Waals surface area contributed by atoms with Crippen LogP contribution in [0.25, 0.3) is 0 Å². The highest BCUT2D eigenvalue weighted by Crippen LogP contribution is 2.33. The summed E-state index contributed by atoms with van der Waals surface area (Å²) in [6.07, 6.45) is 3.78. The smallest absolute Gasteiger partial charge is 0.233 e. The van der Waals surface area contributed by atoms with E-state index >= 15 is 0 Å². The number of carbonyl (C=O) groups is 1. The van der Waals surface area contributed by atoms with Crippen LogP contribution < -0.4 is 16.0 Å². The Kier molecular flexibility index (Phi) is 7.33. The van der Waals surface area contributed by atoms with Gasteiger partial charge in [-0.15, -0.1) is 0 Å². The van der Waals surface area contributed by atoms with Gasteiger partial charge in [0.1, 0.15) is 5.02 Å². The minimum absolute atomic E-state index is 0.0624. The summed E-state index contributed by atoms with van der Waals surface area (Å²) in [5.41, 5.74) is 5.53. The van der Waals surface area contributed by atoms with Gasteiger partial charge >= 0.3 is 0 Å². The largest absolute Gasteiger partial charge is 0.358 e. The predicted octanol–water partition coefficient (Wildman–Crippen LogP) is 4.19. The molecule has 3 heterocycles. The van der Waals surface area contributed by atoms with Gasteiger partial charge in [-0.1, -0.05) is 17.7 Å². The van der Waals surface area contributed by atoms with Crippen molar-refractivity contribution in [3.8, 4) is 0 Å². The summed E-state index contributed by atoms with van der Waals surface area (Å²) < 4.78 is 0. The Morgan fingerprint density at radius 2 is 2.03 bits per heavy atom. The molecule has 4 N–H and O–H groups in total. The number of amides is 1. The van der Waals surface area contributed by atoms with Gasteiger partial charge in [0.05, 0.1) is 12.7 Å². The first-order valence-corrected chi connectivity index (χ1v) is 11.8. The number of likely N-dealkylation sites (tertiary alicyclic amines) is 1. The number of nitrogens with one attached hydrogen (secondary N) is 4. The van der Waals surface area contributed by atoms with E-state index in [0.717, 1.165) is 42.9 Å². The van der Waals surface area contributed by atoms with E-state index in [1.165, 1.54) is 11.1 Å². The third-order valence-electron chi connectivity index (χ3n) is 6.15. The van der Waals surface area contributed by atoms with Crippen LogP contribution in [0.1, 0.15) is 41.1 Å². The van der Waals surface area contributed by atoms with Crippen LogP contribution in [-0.4, -0.2) is 57.7 Å². The van der Waals surface area contributed by atoms with Crippen molar-refractivity contribution in [2.24, 2.45) is 0 Å². The number of aryl methyl sites for hydroxylation is 3. The summed E-state index contributed by atoms with van der Waals surface area (Å²) in [5, 5.41) is 16.6. The lowest BCUT2D eigenvalue weighted by Crippen LogP contribution is -2.41. The average Bonchev–Trinajstić information content (AvgIpc) is 3.22. The van der Waals surface area contributed by atoms with E-state index in [1.54, 1.807) is 13.2 Å². The maximum absolute atomic E-state index is 11.8. The molecule has 0 spiro atoms. The molecule has 0 unspecified atom stereocenters. The molecule has 2 aromatic heterocycles. The van der Waals surface area contributed by atoms with Crippen LogP contribution in [0.4, 0.5) is 23.3 Å². The van der Waals surface area contributed by atoms with Gasteiger partial charge in [-0.3, -0.25) is 14.8 Å². The number of likely N-dealkylation sites (N-methyl/N-ethyl adjacent to an activating group) is 1. The molecular weight excluding hydrogens is 452 g/mol. The Morgan fingerprint density at radius 3 is 2.76 bits per heavy atom. The number of halogens is 1. The van der Waals surface area contributed by atoms with Gasteiger partial charge in [-0.2, -0.15) is 10.1 Å². The van der Waals surface area contributed by atoms with Crippen LogP contribution >= 0.6 is 11.6 Å². The lowest BCUT2D eigenvalue weighted by molar-refractivity contribution is -0.122. The number of carbonyl (C=O) groups excluding carboxylic acids is 1. The molecule has 0 saturated carbocycles. The number of benzene rings is 1. The fourth-order valence-electron chi connectivity index (χ4n) is 4.39. The first kappa shape index (κ1) is 24.0. The Hall–Kier alpha value is -3.17. The summed E-state index contributed by atoms with van der Waals surface area (Å²) in [5.74, 6) is 2.04. The van der Waals surface area contributed by atoms with Gasteiger partial charge in [-0.25, -0.2) is 4.98 Å². The van der Waals surface area contributed by atoms with Crippen LogP contribution in [0, 0.1) is 20.8 Å². The summed E-state index contributed by atoms with van der Waals surface area (Å²) >= 11 is 6.29. The van der Waals surface area contributed by atoms with Crippen LogP contribution in [-0.2, 0) is 4.79 Å². The first-order valence-electron chi connectivity index (χ1n) is 11.4. The number of nitrogens with zero attached hydrogens (tertiary/aromatic N) is 4. The normalized spacial score (nSPS) is 16.3. The Balaban J connectivity index is 1.50. The van der Waals surface area contributed by atoms with Crippen molar-refractivity contribution in [2.45, 2.75) is 39.5 Å². The summed E-state index contributed by atoms with van der Waals surface area (Å²) in [6.45, 7) is 8.44. The second-order valence-electron chi connectivity index (χ2n) is 8.85. The molecule has 0 bridgehead atoms. The first-order chi connectivity index (χ1) is 16.3. The molecule has 0 aliphatic carbocycles. The highest BCUT2D eigenvalue weighted by molar-refractivity contribution is 6.32. The molecule has 1 aromatic carbocycles. The van der Waals surface area contributed by atoms with E-state index in [1.807, 2.05) is 13.0 Å². The van der Waals surface area contributed by atoms with Gasteiger partial charge < -0.3 is 16.0 Å². The van der Waals surface area contributed by atoms with Crippen molar-refractivity contribution in [3.05, 3.63) is 51.8 Å². The molecule has 1 atom stereocenters. The van der Waals surface area contributed by atoms with Crippen molar-refractivity contribution < 1.29 is 4.79 Å². The Labute approximate surface area is 204 Å². The van der Waals surface area contributed by atoms with Crippen molar-refractivity contribution >= 4 is 40.8 Å². The zero-order valence-electron chi connectivity index (χ0n) is 20.0. The minimum atomic E-state index is 0.0624. The number of piperidine rings is 1. The molecule has 180 valence electrons. The number of aromatic nitrogens is 4. The molecule has 9 nitrogen and oxygen atoms in total. The molecule has 0 radical (unpaired) electrons. The number of H-pyrrole nitrogens is 1. The van der Waals surface area contributed by atoms with Crippen LogP contribution in [0.15, 0.2) is 24.4 Å². The van der Waals surface area contributed by atoms with Crippen LogP contribution in [0.5, 0.6) is 0 Å². The second kappa shape index (κ2) is 10.4. The van der Waals surface area contributed by atoms with E-state index in [4.69, 9.17) is 11.6 Å². The highest BCUT2D eigenvalue weighted by atomic mass is 35.5. The van der Waals surface area contributed by atoms with E-state index in [9.17, 15) is 4.79 Å². The van der Waals surface area contributed by atoms with E-state index in [-0.39, 0.29) is 5.91 Å². The Bertz CT molecular complexity index is 1180. The Morgan fingerprint density at radius 1 is 1.21 bits per heavy atom. The predicted molar refractivity (Wildman–Crippen MR) is 135 cm³/mol. The molecule has 4 rings (SSSR count). The number of anilines is 4. The SMILES string of the molecule is CNC(=O)CN1CCC[C@H](c2cc(C)c(Nc3ncc(Cl)c(Nc4cc(C)[nH]n4)n3)cc2C)C1. The maximum atomic E-state index is 11.8. The standard InChI is InChI=1S/C24H31ClN8O/c1-14-9-20(15(2)8-18(14)17-6-5-7-33(12-17)13-22(34)26-4)28-24-27-11-19(25)23(30-24)29-21-10-16(3)31-32-21/h8-11,17H,5-7,12-13H2,1-4H3,(H,26,34)(H3,27,28,29,30,31,32)/t17-/m0/s1. The van der Waals surface area contributed by atoms with Gasteiger partial charge in [-0.05, 0) is 68.8 Å². The lowest BCUT2D eigenvalue weighted by Gasteiger charge is -2.33. The fourth-order valence-corrected chi connectivity index (χ4v) is 4.53. The molecule has 1 amide bonds. The van der Waals surface area contributed by atoms with Gasteiger partial charge in [0.2, 0.25) is 11.9 Å². The van der Waals surface area contributed by atoms with Crippen LogP contribution in [0.3, 0.4) is 0 Å². The lowest BCUT2D eigenvalue weighted by atomic mass is 9.86. The third kappa shape index (κ3) is 5.66. The van der Waals surface area contributed by atoms with E-state index in [0.29, 0.717) is 35.1 Å². The summed E-state index contributed by atoms with van der Waals surface area (Å²) in [6, 6.07) is 6.26. The summed E-state index contributed by atoms with van der Waals surface area (Å²) in [7, 11) is 1.69. The number of aromatic amines is 1. The van der Waals surface area contributed by atoms with Crippen molar-refractivity contribution in [2.75, 3.05) is 37.3 Å². The van der Waals surface area contributed by atoms with Crippen molar-refractivity contribution in [3.63, 3.8) is 0 Å². The van der Waals surface area contributed by atoms with Gasteiger partial charge in [0.15, 0.2) is 11.6 Å². The highest BCUT2D eigenvalue weighted by Gasteiger charge is 2.24. The molecule has 10 heteroatoms. The molecule has 1 aliphatic heterocycles. The van der Waals surface area contributed by atoms with Crippen molar-refractivity contribution in [1.29, 1.82) is 0 Å². The average molecular weight is 483 g/mol. The van der Waals surface area contributed by atoms with Crippen LogP contribution in [0.2, 0.25) is 5.02 Å². The number of hydrogen-bond acceptors (Lipinski definition) is 7. The zero-order valence-corrected chi connectivity index (χ0v) is 20.8. The topological polar surface area (TPSA) is 111 Å². The second-order valence-corrected chi connectivity index (χ2v) is 9.25.